The van der Waals surface area contributed by atoms with E-state index in [1.807, 2.05) is 0 Å². The van der Waals surface area contributed by atoms with E-state index in [0.717, 1.165) is 48.5 Å². The van der Waals surface area contributed by atoms with Crippen molar-refractivity contribution in [3.63, 3.8) is 0 Å². The van der Waals surface area contributed by atoms with Gasteiger partial charge in [0, 0.05) is 67.7 Å². The van der Waals surface area contributed by atoms with Gasteiger partial charge < -0.3 is 52.1 Å². The van der Waals surface area contributed by atoms with Crippen molar-refractivity contribution in [1.82, 2.24) is 0 Å². The van der Waals surface area contributed by atoms with Gasteiger partial charge in [0.25, 0.3) is 0 Å². The van der Waals surface area contributed by atoms with E-state index in [9.17, 15) is 38.4 Å². The maximum absolute atomic E-state index is 12.5. The van der Waals surface area contributed by atoms with Gasteiger partial charge in [-0.1, -0.05) is 18.2 Å². The molecule has 0 amide bonds. The zero-order chi connectivity index (χ0) is 39.8. The van der Waals surface area contributed by atoms with Crippen LogP contribution in [0.25, 0.3) is 0 Å². The summed E-state index contributed by atoms with van der Waals surface area (Å²) in [6, 6.07) is 0. The third-order valence-corrected chi connectivity index (χ3v) is 8.16. The van der Waals surface area contributed by atoms with E-state index in [-0.39, 0.29) is 11.7 Å². The van der Waals surface area contributed by atoms with Crippen molar-refractivity contribution in [3.8, 4) is 0 Å². The number of rotatable bonds is 18. The van der Waals surface area contributed by atoms with Crippen LogP contribution in [-0.2, 0) is 90.5 Å². The van der Waals surface area contributed by atoms with E-state index in [0.29, 0.717) is 25.0 Å². The van der Waals surface area contributed by atoms with Crippen LogP contribution >= 0.6 is 11.8 Å². The summed E-state index contributed by atoms with van der Waals surface area (Å²) in [5.74, 6) is -5.21. The van der Waals surface area contributed by atoms with E-state index >= 15 is 0 Å². The lowest BCUT2D eigenvalue weighted by atomic mass is 9.96. The molecule has 2 heterocycles. The van der Waals surface area contributed by atoms with Gasteiger partial charge in [-0.3, -0.25) is 38.4 Å². The van der Waals surface area contributed by atoms with Gasteiger partial charge in [-0.15, -0.1) is 0 Å². The van der Waals surface area contributed by atoms with Crippen LogP contribution in [0, 0.1) is 0 Å². The Balaban J connectivity index is 2.60. The molecule has 0 aromatic rings. The molecule has 300 valence electrons. The van der Waals surface area contributed by atoms with Crippen molar-refractivity contribution in [1.29, 1.82) is 0 Å². The van der Waals surface area contributed by atoms with Gasteiger partial charge in [-0.25, -0.2) is 0 Å². The number of thioether (sulfide) groups is 1. The monoisotopic (exact) mass is 780 g/mol. The van der Waals surface area contributed by atoms with Crippen molar-refractivity contribution >= 4 is 58.7 Å². The van der Waals surface area contributed by atoms with Gasteiger partial charge >= 0.3 is 41.8 Å². The number of esters is 7. The number of carbonyl (C=O) groups is 8. The zero-order valence-corrected chi connectivity index (χ0v) is 31.7. The summed E-state index contributed by atoms with van der Waals surface area (Å²) in [5.41, 5.74) is 0. The van der Waals surface area contributed by atoms with Crippen LogP contribution in [0.5, 0.6) is 0 Å². The maximum Gasteiger partial charge on any atom is 0.303 e. The maximum atomic E-state index is 12.5. The molecule has 2 saturated heterocycles. The molecule has 0 saturated carbocycles. The molecule has 2 aliphatic rings. The van der Waals surface area contributed by atoms with Gasteiger partial charge in [-0.2, -0.15) is 0 Å². The fraction of sp³-hybridized carbons (Fsp3) is 0.758. The highest BCUT2D eigenvalue weighted by atomic mass is 32.2. The first-order valence-electron chi connectivity index (χ1n) is 16.7. The number of ether oxygens (including phenoxy) is 11. The SMILES string of the molecule is CC(=O)OC[C@H]1O[C@H](O[C@@H]2[C@H](OC(C)=O)[C@@H](OC(C)=O)[C@H](OCCCCCSC(C)=O)O[C@@H]2COC(C)=O)[C@H](OC(C)=O)[C@@H](OC(C)=O)[C@H]1OC(C)=O. The fourth-order valence-corrected chi connectivity index (χ4v) is 6.04. The summed E-state index contributed by atoms with van der Waals surface area (Å²) < 4.78 is 62.3. The molecule has 20 heteroatoms. The number of hydrogen-bond acceptors (Lipinski definition) is 20. The molecule has 2 rings (SSSR count). The molecular weight excluding hydrogens is 732 g/mol. The first-order valence-corrected chi connectivity index (χ1v) is 17.7. The largest absolute Gasteiger partial charge is 0.463 e. The first kappa shape index (κ1) is 45.3. The number of unbranched alkanes of at least 4 members (excludes halogenated alkanes) is 2. The van der Waals surface area contributed by atoms with Gasteiger partial charge in [0.1, 0.15) is 31.5 Å². The van der Waals surface area contributed by atoms with Crippen molar-refractivity contribution < 1.29 is 90.5 Å². The lowest BCUT2D eigenvalue weighted by molar-refractivity contribution is -0.361. The van der Waals surface area contributed by atoms with Gasteiger partial charge in [-0.05, 0) is 12.8 Å². The Bertz CT molecular complexity index is 1300. The Kier molecular flexibility index (Phi) is 19.1. The molecule has 2 aliphatic heterocycles. The van der Waals surface area contributed by atoms with Crippen molar-refractivity contribution in [2.24, 2.45) is 0 Å². The minimum atomic E-state index is -1.79. The van der Waals surface area contributed by atoms with Crippen LogP contribution in [0.15, 0.2) is 0 Å². The first-order chi connectivity index (χ1) is 24.9. The molecule has 0 aliphatic carbocycles. The predicted octanol–water partition coefficient (Wildman–Crippen LogP) is 1.07. The average molecular weight is 781 g/mol. The molecule has 0 aromatic heterocycles. The lowest BCUT2D eigenvalue weighted by Crippen LogP contribution is -2.67. The van der Waals surface area contributed by atoms with E-state index in [2.05, 4.69) is 0 Å². The van der Waals surface area contributed by atoms with Gasteiger partial charge in [0.05, 0.1) is 0 Å². The third kappa shape index (κ3) is 16.0. The van der Waals surface area contributed by atoms with Crippen LogP contribution in [-0.4, -0.2) is 134 Å². The van der Waals surface area contributed by atoms with Crippen molar-refractivity contribution in [2.45, 2.75) is 136 Å². The highest BCUT2D eigenvalue weighted by Gasteiger charge is 2.57. The van der Waals surface area contributed by atoms with E-state index < -0.39 is 116 Å². The Labute approximate surface area is 310 Å². The van der Waals surface area contributed by atoms with E-state index in [1.165, 1.54) is 18.7 Å². The van der Waals surface area contributed by atoms with Crippen LogP contribution in [0.3, 0.4) is 0 Å². The predicted molar refractivity (Wildman–Crippen MR) is 176 cm³/mol. The molecule has 53 heavy (non-hydrogen) atoms. The molecule has 10 atom stereocenters. The smallest absolute Gasteiger partial charge is 0.303 e. The van der Waals surface area contributed by atoms with Crippen molar-refractivity contribution in [2.75, 3.05) is 25.6 Å². The molecule has 0 N–H and O–H groups in total. The summed E-state index contributed by atoms with van der Waals surface area (Å²) in [7, 11) is 0. The Morgan fingerprint density at radius 1 is 0.472 bits per heavy atom. The minimum absolute atomic E-state index is 0.00276. The van der Waals surface area contributed by atoms with Crippen LogP contribution in [0.4, 0.5) is 0 Å². The second kappa shape index (κ2) is 22.4. The molecule has 0 unspecified atom stereocenters. The second-order valence-corrected chi connectivity index (χ2v) is 13.2. The molecule has 0 aromatic carbocycles. The number of hydrogen-bond donors (Lipinski definition) is 0. The van der Waals surface area contributed by atoms with E-state index in [1.54, 1.807) is 0 Å². The Morgan fingerprint density at radius 3 is 1.36 bits per heavy atom. The van der Waals surface area contributed by atoms with Gasteiger partial charge in [0.15, 0.2) is 48.2 Å². The highest BCUT2D eigenvalue weighted by molar-refractivity contribution is 8.13. The number of carbonyl (C=O) groups excluding carboxylic acids is 8. The topological polar surface area (TPSA) is 238 Å². The summed E-state index contributed by atoms with van der Waals surface area (Å²) >= 11 is 1.19. The van der Waals surface area contributed by atoms with Crippen LogP contribution < -0.4 is 0 Å². The highest BCUT2D eigenvalue weighted by Crippen LogP contribution is 2.35. The second-order valence-electron chi connectivity index (χ2n) is 11.9. The summed E-state index contributed by atoms with van der Waals surface area (Å²) in [5, 5.41) is -0.00276. The standard InChI is InChI=1S/C33H48O19S/c1-16(34)43-14-24-26(45-18(3)36)28(46-19(4)37)31(49-22(7)40)33(51-24)52-27-25(15-44-17(2)35)50-32(42-12-10-9-11-13-53-23(8)41)30(48-21(6)39)29(27)47-20(5)38/h24-33H,9-15H2,1-8H3/t24-,25-,26+,27+,28+,29+,30-,31-,32-,33-/m1/s1. The van der Waals surface area contributed by atoms with Crippen LogP contribution in [0.2, 0.25) is 0 Å². The molecule has 2 fully saturated rings. The Hall–Kier alpha value is -3.85. The average Bonchev–Trinajstić information content (AvgIpc) is 3.02. The zero-order valence-electron chi connectivity index (χ0n) is 30.9. The molecule has 0 spiro atoms. The third-order valence-electron chi connectivity index (χ3n) is 7.26. The normalized spacial score (nSPS) is 28.1. The molecule has 0 bridgehead atoms. The molecule has 19 nitrogen and oxygen atoms in total. The summed E-state index contributed by atoms with van der Waals surface area (Å²) in [6.07, 6.45) is -13.5. The van der Waals surface area contributed by atoms with E-state index in [4.69, 9.17) is 52.1 Å². The van der Waals surface area contributed by atoms with Gasteiger partial charge in [0.2, 0.25) is 0 Å². The minimum Gasteiger partial charge on any atom is -0.463 e. The van der Waals surface area contributed by atoms with Crippen LogP contribution in [0.1, 0.15) is 74.7 Å². The summed E-state index contributed by atoms with van der Waals surface area (Å²) in [6.45, 7) is 7.97. The lowest BCUT2D eigenvalue weighted by Gasteiger charge is -2.48. The summed E-state index contributed by atoms with van der Waals surface area (Å²) in [4.78, 5) is 96.7. The van der Waals surface area contributed by atoms with Crippen molar-refractivity contribution in [3.05, 3.63) is 0 Å². The quantitative estimate of drug-likeness (QED) is 0.107. The molecular formula is C33H48O19S. The Morgan fingerprint density at radius 2 is 0.887 bits per heavy atom. The molecule has 0 radical (unpaired) electrons. The fourth-order valence-electron chi connectivity index (χ4n) is 5.40.